The van der Waals surface area contributed by atoms with Crippen molar-refractivity contribution in [1.82, 2.24) is 58.5 Å². The summed E-state index contributed by atoms with van der Waals surface area (Å²) in [4.78, 5) is 202. The highest BCUT2D eigenvalue weighted by Crippen LogP contribution is 2.36. The van der Waals surface area contributed by atoms with Crippen molar-refractivity contribution in [3.63, 3.8) is 0 Å². The van der Waals surface area contributed by atoms with Crippen LogP contribution in [0.4, 0.5) is 18.0 Å². The monoisotopic (exact) mass is 1440 g/mol. The van der Waals surface area contributed by atoms with Crippen LogP contribution < -0.4 is 75.7 Å². The molecule has 1 aliphatic carbocycles. The Balaban J connectivity index is 2.54. The maximum atomic E-state index is 15.8. The molecule has 14 atom stereocenters. The molecule has 2 aliphatic rings. The van der Waals surface area contributed by atoms with E-state index in [0.717, 1.165) is 6.92 Å². The van der Waals surface area contributed by atoms with Crippen molar-refractivity contribution in [2.45, 2.75) is 224 Å². The average Bonchev–Trinajstić information content (AvgIpc) is 1.36. The van der Waals surface area contributed by atoms with Gasteiger partial charge in [-0.05, 0) is 95.5 Å². The van der Waals surface area contributed by atoms with E-state index in [2.05, 4.69) is 52.8 Å². The molecule has 35 nitrogen and oxygen atoms in total. The summed E-state index contributed by atoms with van der Waals surface area (Å²) < 4.78 is 59.3. The minimum Gasteiger partial charge on any atom is -0.454 e. The number of nitrogens with one attached hydrogen (secondary N) is 11. The largest absolute Gasteiger partial charge is 0.490 e. The number of aliphatic imine (C=N–C) groups is 1. The number of nitrogens with zero attached hydrogens (tertiary/aromatic N) is 1. The number of halogens is 3. The number of alkyl carbamates (subject to hydrolysis) is 1. The summed E-state index contributed by atoms with van der Waals surface area (Å²) in [6.45, 7) is 14.7. The maximum Gasteiger partial charge on any atom is 0.490 e. The van der Waals surface area contributed by atoms with Crippen molar-refractivity contribution in [2.24, 2.45) is 45.9 Å². The highest BCUT2D eigenvalue weighted by atomic mass is 19.4. The van der Waals surface area contributed by atoms with E-state index >= 15 is 9.59 Å². The van der Waals surface area contributed by atoms with Gasteiger partial charge in [0, 0.05) is 6.54 Å². The fraction of sp³-hybridized carbons (Fsp3) is 0.667. The summed E-state index contributed by atoms with van der Waals surface area (Å²) in [5.41, 5.74) is 13.4. The van der Waals surface area contributed by atoms with Crippen LogP contribution in [0.1, 0.15) is 140 Å². The lowest BCUT2D eigenvalue weighted by molar-refractivity contribution is -0.208. The number of nitrogens with two attached hydrogens (primary N) is 3. The van der Waals surface area contributed by atoms with Gasteiger partial charge in [0.25, 0.3) is 5.91 Å². The van der Waals surface area contributed by atoms with Crippen molar-refractivity contribution in [3.05, 3.63) is 35.9 Å². The van der Waals surface area contributed by atoms with Crippen molar-refractivity contribution < 1.29 is 110 Å². The van der Waals surface area contributed by atoms with E-state index in [1.165, 1.54) is 51.1 Å². The molecule has 1 aromatic carbocycles. The molecular formula is C63H98F3N15O20. The number of hydrogen-bond acceptors (Lipinski definition) is 22. The molecule has 0 spiro atoms. The van der Waals surface area contributed by atoms with Crippen molar-refractivity contribution >= 4 is 89.0 Å². The molecule has 3 rings (SSSR count). The predicted octanol–water partition coefficient (Wildman–Crippen LogP) is -3.64. The van der Waals surface area contributed by atoms with Gasteiger partial charge < -0.3 is 94.6 Å². The quantitative estimate of drug-likeness (QED) is 0.0165. The van der Waals surface area contributed by atoms with Gasteiger partial charge in [0.1, 0.15) is 59.5 Å². The second-order valence-electron chi connectivity index (χ2n) is 26.9. The van der Waals surface area contributed by atoms with Crippen molar-refractivity contribution in [3.8, 4) is 0 Å². The first kappa shape index (κ1) is 85.9. The van der Waals surface area contributed by atoms with E-state index in [0.29, 0.717) is 0 Å². The first-order valence-electron chi connectivity index (χ1n) is 32.7. The molecule has 1 aliphatic heterocycles. The van der Waals surface area contributed by atoms with Crippen molar-refractivity contribution in [2.75, 3.05) is 19.7 Å². The van der Waals surface area contributed by atoms with Gasteiger partial charge in [-0.2, -0.15) is 13.2 Å². The Hall–Kier alpha value is -9.30. The number of ether oxygens (including phenoxy) is 3. The van der Waals surface area contributed by atoms with Gasteiger partial charge in [0.15, 0.2) is 24.2 Å². The number of esters is 2. The fourth-order valence-corrected chi connectivity index (χ4v) is 10.1. The standard InChI is InChI=1S/C63H98F3N15O20/c1-13-31(8)39-52(91)78-40(32(9)83)51(90)71-26-38(84)76-41(44(85)47(67)86)53(92)75-37(27-82)56(95)99-46(33-18-15-14-16-19-33)43(72-35(24-28(2)3)50(89)80-57(96)62(21-22-62)81-60(98)101-61(10,11)12)55(94)79-42(45(30(6)7)100-58(97)63(64,65)66)54(93)74-36(25-29(4)5)49(88)73-34(48(87)77-39)20-17-23-70-59(68)69/h14-16,18-19,28-32,34-37,39-46,72,82-83,85H,13,17,20-27H2,1-12H3,(H2,67,86)(H,71,90)(H,73,88)(H,74,93)(H,75,92)(H,76,84)(H,77,87)(H,78,91)(H,79,94)(H,81,98)(H4,68,69,70)(H,80,89,96)/t31-,32-,34+,35-,36-,37-,39-,40-,41-,42-,43-,44-,45+,46+/m0/s1. The zero-order valence-corrected chi connectivity index (χ0v) is 58.4. The predicted molar refractivity (Wildman–Crippen MR) is 350 cm³/mol. The molecule has 566 valence electrons. The number of cyclic esters (lactones) is 1. The van der Waals surface area contributed by atoms with Gasteiger partial charge in [0.05, 0.1) is 25.3 Å². The lowest BCUT2D eigenvalue weighted by Crippen LogP contribution is -2.65. The summed E-state index contributed by atoms with van der Waals surface area (Å²) in [6, 6.07) is -12.2. The first-order valence-corrected chi connectivity index (χ1v) is 32.7. The van der Waals surface area contributed by atoms with Crippen LogP contribution in [0.3, 0.4) is 0 Å². The van der Waals surface area contributed by atoms with Gasteiger partial charge in [-0.25, -0.2) is 14.4 Å². The normalized spacial score (nSPS) is 24.2. The molecule has 1 saturated heterocycles. The molecule has 38 heteroatoms. The second-order valence-corrected chi connectivity index (χ2v) is 26.9. The molecule has 0 bridgehead atoms. The Morgan fingerprint density at radius 1 is 0.713 bits per heavy atom. The van der Waals surface area contributed by atoms with Crippen LogP contribution in [0.15, 0.2) is 35.3 Å². The van der Waals surface area contributed by atoms with Gasteiger partial charge >= 0.3 is 24.2 Å². The van der Waals surface area contributed by atoms with Crippen LogP contribution in [0.5, 0.6) is 0 Å². The van der Waals surface area contributed by atoms with Gasteiger partial charge in [-0.1, -0.05) is 92.1 Å². The topological polar surface area (TPSA) is 550 Å². The Bertz CT molecular complexity index is 3140. The minimum atomic E-state index is -5.78. The van der Waals surface area contributed by atoms with Crippen LogP contribution in [0.2, 0.25) is 0 Å². The van der Waals surface area contributed by atoms with Crippen LogP contribution in [0, 0.1) is 23.7 Å². The number of carbonyl (C=O) groups excluding carboxylic acids is 14. The summed E-state index contributed by atoms with van der Waals surface area (Å²) in [5.74, 6) is -23.2. The number of aliphatic hydroxyl groups excluding tert-OH is 3. The van der Waals surface area contributed by atoms with E-state index in [1.54, 1.807) is 55.4 Å². The number of aliphatic hydroxyl groups is 3. The van der Waals surface area contributed by atoms with Crippen molar-refractivity contribution in [1.29, 1.82) is 0 Å². The number of rotatable bonds is 23. The lowest BCUT2D eigenvalue weighted by atomic mass is 9.94. The second kappa shape index (κ2) is 38.5. The van der Waals surface area contributed by atoms with Crippen LogP contribution in [-0.2, 0) is 76.5 Å². The lowest BCUT2D eigenvalue weighted by Gasteiger charge is -2.35. The molecule has 12 amide bonds. The van der Waals surface area contributed by atoms with E-state index in [4.69, 9.17) is 31.4 Å². The summed E-state index contributed by atoms with van der Waals surface area (Å²) in [6.07, 6.45) is -16.9. The Kier molecular flexibility index (Phi) is 32.7. The number of guanidine groups is 1. The van der Waals surface area contributed by atoms with Crippen LogP contribution in [-0.4, -0.2) is 214 Å². The summed E-state index contributed by atoms with van der Waals surface area (Å²) in [5, 5.41) is 57.9. The number of imide groups is 1. The molecular weight excluding hydrogens is 1340 g/mol. The molecule has 0 unspecified atom stereocenters. The SMILES string of the molecule is CC[C@H](C)[C@@H]1NC(=O)[C@@H](CCCN=C(N)N)NC(=O)[C@H](CC(C)C)NC(=O)[C@H]([C@H](OC(=O)C(F)(F)F)C(C)C)NC(=O)[C@@H](N[C@@H](CC(C)C)C(=O)NC(=O)C2(NC(=O)OC(C)(C)C)CC2)[C@@H](c2ccccc2)OC(=O)[C@H](CO)NC(=O)[C@H]([C@H](O)C(N)=O)NC(=O)CNC(=O)[C@H]([C@H](C)O)NC1=O. The molecule has 1 saturated carbocycles. The highest BCUT2D eigenvalue weighted by Gasteiger charge is 2.54. The third kappa shape index (κ3) is 27.3. The van der Waals surface area contributed by atoms with E-state index < -0.39 is 216 Å². The summed E-state index contributed by atoms with van der Waals surface area (Å²) in [7, 11) is 0. The number of alkyl halides is 3. The van der Waals surface area contributed by atoms with E-state index in [-0.39, 0.29) is 63.0 Å². The van der Waals surface area contributed by atoms with E-state index in [9.17, 15) is 86.0 Å². The highest BCUT2D eigenvalue weighted by molar-refractivity contribution is 6.05. The van der Waals surface area contributed by atoms with Gasteiger partial charge in [-0.15, -0.1) is 0 Å². The number of benzene rings is 1. The van der Waals surface area contributed by atoms with Gasteiger partial charge in [-0.3, -0.25) is 68.4 Å². The minimum absolute atomic E-state index is 0.000150. The number of hydrogen-bond donors (Lipinski definition) is 17. The third-order valence-corrected chi connectivity index (χ3v) is 15.7. The summed E-state index contributed by atoms with van der Waals surface area (Å²) >= 11 is 0. The fourth-order valence-electron chi connectivity index (χ4n) is 10.1. The molecule has 0 aromatic heterocycles. The zero-order valence-electron chi connectivity index (χ0n) is 58.4. The molecule has 101 heavy (non-hydrogen) atoms. The molecule has 1 heterocycles. The zero-order chi connectivity index (χ0) is 76.8. The molecule has 20 N–H and O–H groups in total. The maximum absolute atomic E-state index is 15.8. The number of amides is 12. The Morgan fingerprint density at radius 2 is 1.27 bits per heavy atom. The van der Waals surface area contributed by atoms with E-state index in [1.807, 2.05) is 10.6 Å². The first-order chi connectivity index (χ1) is 46.9. The number of primary amides is 1. The molecule has 0 radical (unpaired) electrons. The van der Waals surface area contributed by atoms with Crippen LogP contribution in [0.25, 0.3) is 0 Å². The smallest absolute Gasteiger partial charge is 0.454 e. The molecule has 2 fully saturated rings. The molecule has 1 aromatic rings. The number of carbonyl (C=O) groups is 14. The Morgan fingerprint density at radius 3 is 1.78 bits per heavy atom. The Labute approximate surface area is 581 Å². The van der Waals surface area contributed by atoms with Crippen LogP contribution >= 0.6 is 0 Å². The third-order valence-electron chi connectivity index (χ3n) is 15.7. The van der Waals surface area contributed by atoms with Gasteiger partial charge in [0.2, 0.25) is 59.1 Å². The average molecular weight is 1440 g/mol.